The van der Waals surface area contributed by atoms with Crippen molar-refractivity contribution in [3.8, 4) is 0 Å². The van der Waals surface area contributed by atoms with E-state index in [0.29, 0.717) is 19.8 Å². The van der Waals surface area contributed by atoms with E-state index in [1.807, 2.05) is 13.1 Å². The maximum Gasteiger partial charge on any atom is 0.227 e. The number of ether oxygens (including phenoxy) is 1. The normalized spacial score (nSPS) is 22.6. The van der Waals surface area contributed by atoms with Crippen molar-refractivity contribution in [2.24, 2.45) is 5.92 Å². The van der Waals surface area contributed by atoms with Crippen LogP contribution in [0.25, 0.3) is 0 Å². The molecule has 2 unspecified atom stereocenters. The molecule has 2 N–H and O–H groups in total. The molecule has 6 heteroatoms. The highest BCUT2D eigenvalue weighted by Gasteiger charge is 2.33. The van der Waals surface area contributed by atoms with Crippen LogP contribution in [0, 0.1) is 12.8 Å². The summed E-state index contributed by atoms with van der Waals surface area (Å²) in [4.78, 5) is 17.4. The fourth-order valence-corrected chi connectivity index (χ4v) is 2.87. The second-order valence-corrected chi connectivity index (χ2v) is 6.09. The van der Waals surface area contributed by atoms with Gasteiger partial charge in [0.25, 0.3) is 0 Å². The first-order chi connectivity index (χ1) is 9.20. The number of nitrogens with one attached hydrogen (secondary N) is 2. The lowest BCUT2D eigenvalue weighted by Crippen LogP contribution is -2.43. The largest absolute Gasteiger partial charge is 0.379 e. The van der Waals surface area contributed by atoms with Gasteiger partial charge in [-0.05, 0) is 19.9 Å². The van der Waals surface area contributed by atoms with E-state index in [1.165, 1.54) is 0 Å². The predicted octanol–water partition coefficient (Wildman–Crippen LogP) is 1.08. The molecule has 19 heavy (non-hydrogen) atoms. The van der Waals surface area contributed by atoms with E-state index >= 15 is 0 Å². The smallest absolute Gasteiger partial charge is 0.227 e. The number of carbonyl (C=O) groups is 1. The van der Waals surface area contributed by atoms with Crippen LogP contribution < -0.4 is 10.6 Å². The Balaban J connectivity index is 1.81. The molecule has 1 aliphatic heterocycles. The van der Waals surface area contributed by atoms with Crippen molar-refractivity contribution in [2.75, 3.05) is 19.8 Å². The van der Waals surface area contributed by atoms with Gasteiger partial charge in [0.2, 0.25) is 5.91 Å². The third-order valence-corrected chi connectivity index (χ3v) is 4.09. The number of hydrogen-bond acceptors (Lipinski definition) is 5. The van der Waals surface area contributed by atoms with Crippen molar-refractivity contribution in [1.29, 1.82) is 0 Å². The van der Waals surface area contributed by atoms with Gasteiger partial charge in [0.05, 0.1) is 30.7 Å². The molecule has 1 saturated heterocycles. The minimum absolute atomic E-state index is 0.0668. The summed E-state index contributed by atoms with van der Waals surface area (Å²) in [5.41, 5.74) is 0. The predicted molar refractivity (Wildman–Crippen MR) is 75.1 cm³/mol. The highest BCUT2D eigenvalue weighted by molar-refractivity contribution is 7.11. The highest BCUT2D eigenvalue weighted by atomic mass is 32.1. The van der Waals surface area contributed by atoms with Gasteiger partial charge in [-0.15, -0.1) is 11.3 Å². The molecule has 0 bridgehead atoms. The quantitative estimate of drug-likeness (QED) is 0.820. The fraction of sp³-hybridized carbons (Fsp3) is 0.692. The van der Waals surface area contributed by atoms with Crippen LogP contribution in [0.15, 0.2) is 6.20 Å². The number of hydrogen-bond donors (Lipinski definition) is 2. The van der Waals surface area contributed by atoms with Crippen LogP contribution in [0.1, 0.15) is 23.2 Å². The summed E-state index contributed by atoms with van der Waals surface area (Å²) < 4.78 is 5.41. The van der Waals surface area contributed by atoms with E-state index in [2.05, 4.69) is 22.5 Å². The Morgan fingerprint density at radius 2 is 2.42 bits per heavy atom. The van der Waals surface area contributed by atoms with Gasteiger partial charge in [-0.3, -0.25) is 4.79 Å². The highest BCUT2D eigenvalue weighted by Crippen LogP contribution is 2.15. The molecule has 1 aromatic rings. The Kier molecular flexibility index (Phi) is 5.30. The van der Waals surface area contributed by atoms with E-state index < -0.39 is 0 Å². The second kappa shape index (κ2) is 6.98. The van der Waals surface area contributed by atoms with Gasteiger partial charge >= 0.3 is 0 Å². The molecule has 1 fully saturated rings. The number of aromatic nitrogens is 1. The zero-order valence-corrected chi connectivity index (χ0v) is 12.3. The maximum absolute atomic E-state index is 12.2. The second-order valence-electron chi connectivity index (χ2n) is 4.77. The topological polar surface area (TPSA) is 63.2 Å². The zero-order chi connectivity index (χ0) is 13.7. The number of rotatable bonds is 6. The van der Waals surface area contributed by atoms with E-state index in [4.69, 9.17) is 4.74 Å². The van der Waals surface area contributed by atoms with Crippen molar-refractivity contribution >= 4 is 17.2 Å². The van der Waals surface area contributed by atoms with Crippen LogP contribution in [0.3, 0.4) is 0 Å². The summed E-state index contributed by atoms with van der Waals surface area (Å²) in [6, 6.07) is 0.142. The first-order valence-corrected chi connectivity index (χ1v) is 7.52. The van der Waals surface area contributed by atoms with Crippen molar-refractivity contribution < 1.29 is 9.53 Å². The van der Waals surface area contributed by atoms with Gasteiger partial charge in [-0.1, -0.05) is 6.92 Å². The van der Waals surface area contributed by atoms with Gasteiger partial charge in [0.15, 0.2) is 0 Å². The average Bonchev–Trinajstić information content (AvgIpc) is 3.02. The molecule has 2 rings (SSSR count). The Morgan fingerprint density at radius 3 is 3.11 bits per heavy atom. The fourth-order valence-electron chi connectivity index (χ4n) is 2.14. The average molecular weight is 283 g/mol. The van der Waals surface area contributed by atoms with Crippen molar-refractivity contribution in [3.05, 3.63) is 16.1 Å². The first-order valence-electron chi connectivity index (χ1n) is 6.71. The van der Waals surface area contributed by atoms with E-state index in [-0.39, 0.29) is 17.9 Å². The van der Waals surface area contributed by atoms with Gasteiger partial charge in [-0.25, -0.2) is 4.98 Å². The zero-order valence-electron chi connectivity index (χ0n) is 11.4. The molecule has 1 amide bonds. The summed E-state index contributed by atoms with van der Waals surface area (Å²) in [6.07, 6.45) is 2.88. The Bertz CT molecular complexity index is 422. The Morgan fingerprint density at radius 1 is 1.58 bits per heavy atom. The molecule has 0 saturated carbocycles. The Labute approximate surface area is 117 Å². The summed E-state index contributed by atoms with van der Waals surface area (Å²) >= 11 is 1.61. The van der Waals surface area contributed by atoms with Crippen LogP contribution in [-0.2, 0) is 16.1 Å². The summed E-state index contributed by atoms with van der Waals surface area (Å²) in [6.45, 7) is 6.69. The van der Waals surface area contributed by atoms with E-state index in [1.54, 1.807) is 11.3 Å². The molecule has 1 aliphatic rings. The molecule has 5 nitrogen and oxygen atoms in total. The van der Waals surface area contributed by atoms with Crippen LogP contribution >= 0.6 is 11.3 Å². The lowest BCUT2D eigenvalue weighted by molar-refractivity contribution is -0.125. The summed E-state index contributed by atoms with van der Waals surface area (Å²) in [5.74, 6) is -0.0160. The van der Waals surface area contributed by atoms with Gasteiger partial charge < -0.3 is 15.4 Å². The van der Waals surface area contributed by atoms with Crippen LogP contribution in [-0.4, -0.2) is 36.7 Å². The SMILES string of the molecule is CCCNC1COCC1C(=O)NCc1cnc(C)s1. The molecule has 2 heterocycles. The maximum atomic E-state index is 12.2. The molecule has 2 atom stereocenters. The molecular formula is C13H21N3O2S. The molecule has 106 valence electrons. The third-order valence-electron chi connectivity index (χ3n) is 3.18. The summed E-state index contributed by atoms with van der Waals surface area (Å²) in [5, 5.41) is 7.37. The molecule has 1 aromatic heterocycles. The van der Waals surface area contributed by atoms with Crippen molar-refractivity contribution in [2.45, 2.75) is 32.9 Å². The lowest BCUT2D eigenvalue weighted by Gasteiger charge is -2.18. The number of aryl methyl sites for hydroxylation is 1. The Hall–Kier alpha value is -0.980. The van der Waals surface area contributed by atoms with Gasteiger partial charge in [0, 0.05) is 17.1 Å². The van der Waals surface area contributed by atoms with Crippen LogP contribution in [0.2, 0.25) is 0 Å². The van der Waals surface area contributed by atoms with Crippen LogP contribution in [0.5, 0.6) is 0 Å². The van der Waals surface area contributed by atoms with Crippen molar-refractivity contribution in [3.63, 3.8) is 0 Å². The lowest BCUT2D eigenvalue weighted by atomic mass is 10.0. The minimum atomic E-state index is -0.0828. The number of thiazole rings is 1. The van der Waals surface area contributed by atoms with Gasteiger partial charge in [0.1, 0.15) is 0 Å². The monoisotopic (exact) mass is 283 g/mol. The number of amides is 1. The standard InChI is InChI=1S/C13H21N3O2S/c1-3-4-14-12-8-18-7-11(12)13(17)16-6-10-5-15-9(2)19-10/h5,11-12,14H,3-4,6-8H2,1-2H3,(H,16,17). The van der Waals surface area contributed by atoms with Crippen molar-refractivity contribution in [1.82, 2.24) is 15.6 Å². The molecule has 0 spiro atoms. The van der Waals surface area contributed by atoms with E-state index in [9.17, 15) is 4.79 Å². The minimum Gasteiger partial charge on any atom is -0.379 e. The van der Waals surface area contributed by atoms with Crippen LogP contribution in [0.4, 0.5) is 0 Å². The molecule has 0 radical (unpaired) electrons. The molecule has 0 aliphatic carbocycles. The third kappa shape index (κ3) is 3.99. The molecular weight excluding hydrogens is 262 g/mol. The molecule has 0 aromatic carbocycles. The number of carbonyl (C=O) groups excluding carboxylic acids is 1. The number of nitrogens with zero attached hydrogens (tertiary/aromatic N) is 1. The van der Waals surface area contributed by atoms with E-state index in [0.717, 1.165) is 22.9 Å². The summed E-state index contributed by atoms with van der Waals surface area (Å²) in [7, 11) is 0. The van der Waals surface area contributed by atoms with Gasteiger partial charge in [-0.2, -0.15) is 0 Å². The first kappa shape index (κ1) is 14.4.